The fourth-order valence-electron chi connectivity index (χ4n) is 2.52. The highest BCUT2D eigenvalue weighted by molar-refractivity contribution is 7.91. The number of carbonyl (C=O) groups excluding carboxylic acids is 2. The number of amides is 2. The van der Waals surface area contributed by atoms with Gasteiger partial charge in [-0.1, -0.05) is 16.8 Å². The Morgan fingerprint density at radius 1 is 1.03 bits per heavy atom. The summed E-state index contributed by atoms with van der Waals surface area (Å²) in [7, 11) is -4.14. The summed E-state index contributed by atoms with van der Waals surface area (Å²) < 4.78 is 68.8. The third-order valence-electron chi connectivity index (χ3n) is 4.60. The number of anilines is 2. The molecular formula is C20H15ClF3N3O6S. The molecule has 14 heteroatoms. The van der Waals surface area contributed by atoms with E-state index in [0.717, 1.165) is 18.2 Å². The van der Waals surface area contributed by atoms with Gasteiger partial charge in [0.1, 0.15) is 6.26 Å². The summed E-state index contributed by atoms with van der Waals surface area (Å²) >= 11 is 5.96. The van der Waals surface area contributed by atoms with Crippen LogP contribution in [0.15, 0.2) is 69.1 Å². The Morgan fingerprint density at radius 2 is 1.65 bits per heavy atom. The molecule has 1 aromatic heterocycles. The molecule has 0 saturated heterocycles. The molecular weight excluding hydrogens is 503 g/mol. The van der Waals surface area contributed by atoms with Gasteiger partial charge in [-0.05, 0) is 49.4 Å². The number of aromatic nitrogens is 1. The summed E-state index contributed by atoms with van der Waals surface area (Å²) in [5.41, 5.74) is -3.90. The van der Waals surface area contributed by atoms with E-state index in [2.05, 4.69) is 15.0 Å². The van der Waals surface area contributed by atoms with Crippen LogP contribution in [-0.2, 0) is 14.6 Å². The number of benzene rings is 2. The van der Waals surface area contributed by atoms with Gasteiger partial charge in [0, 0.05) is 11.6 Å². The number of hydrogen-bond acceptors (Lipinski definition) is 7. The first-order valence-corrected chi connectivity index (χ1v) is 11.1. The van der Waals surface area contributed by atoms with Gasteiger partial charge in [-0.25, -0.2) is 8.42 Å². The normalized spacial score (nSPS) is 13.7. The average Bonchev–Trinajstić information content (AvgIpc) is 3.27. The van der Waals surface area contributed by atoms with E-state index < -0.39 is 33.4 Å². The molecule has 0 radical (unpaired) electrons. The number of nitrogens with zero attached hydrogens (tertiary/aromatic N) is 1. The molecule has 0 aliphatic carbocycles. The highest BCUT2D eigenvalue weighted by Gasteiger charge is 2.55. The molecule has 180 valence electrons. The van der Waals surface area contributed by atoms with E-state index in [1.807, 2.05) is 5.32 Å². The van der Waals surface area contributed by atoms with Crippen molar-refractivity contribution < 1.29 is 40.8 Å². The minimum atomic E-state index is -5.25. The van der Waals surface area contributed by atoms with E-state index in [-0.39, 0.29) is 38.8 Å². The molecule has 3 rings (SSSR count). The SMILES string of the molecule is C[C@@](O)(C(=O)Nc1ccc(S(=O)(=O)c2ccc(C(=O)Nc3ccon3)cc2)cc1Cl)C(F)(F)F. The van der Waals surface area contributed by atoms with Crippen LogP contribution in [0.1, 0.15) is 17.3 Å². The van der Waals surface area contributed by atoms with E-state index in [9.17, 15) is 36.3 Å². The highest BCUT2D eigenvalue weighted by Crippen LogP contribution is 2.33. The maximum absolute atomic E-state index is 12.9. The van der Waals surface area contributed by atoms with Crippen LogP contribution in [0.3, 0.4) is 0 Å². The number of alkyl halides is 3. The Morgan fingerprint density at radius 3 is 2.18 bits per heavy atom. The lowest BCUT2D eigenvalue weighted by Crippen LogP contribution is -2.52. The molecule has 0 aliphatic rings. The van der Waals surface area contributed by atoms with Crippen molar-refractivity contribution >= 4 is 44.8 Å². The third-order valence-corrected chi connectivity index (χ3v) is 6.68. The molecule has 9 nitrogen and oxygen atoms in total. The van der Waals surface area contributed by atoms with Gasteiger partial charge in [-0.2, -0.15) is 13.2 Å². The van der Waals surface area contributed by atoms with Crippen molar-refractivity contribution in [1.29, 1.82) is 0 Å². The summed E-state index contributed by atoms with van der Waals surface area (Å²) in [6.07, 6.45) is -3.99. The molecule has 34 heavy (non-hydrogen) atoms. The van der Waals surface area contributed by atoms with Crippen molar-refractivity contribution in [3.8, 4) is 0 Å². The first-order valence-electron chi connectivity index (χ1n) is 9.20. The van der Waals surface area contributed by atoms with Gasteiger partial charge >= 0.3 is 6.18 Å². The van der Waals surface area contributed by atoms with Gasteiger partial charge in [0.15, 0.2) is 5.82 Å². The van der Waals surface area contributed by atoms with Crippen molar-refractivity contribution in [2.45, 2.75) is 28.5 Å². The van der Waals surface area contributed by atoms with Gasteiger partial charge in [0.25, 0.3) is 11.8 Å². The molecule has 2 aromatic carbocycles. The van der Waals surface area contributed by atoms with Crippen LogP contribution < -0.4 is 10.6 Å². The molecule has 0 bridgehead atoms. The fraction of sp³-hybridized carbons (Fsp3) is 0.150. The summed E-state index contributed by atoms with van der Waals surface area (Å²) in [5, 5.41) is 16.8. The Labute approximate surface area is 195 Å². The van der Waals surface area contributed by atoms with Gasteiger partial charge in [-0.3, -0.25) is 9.59 Å². The number of aliphatic hydroxyl groups is 1. The van der Waals surface area contributed by atoms with Gasteiger partial charge in [-0.15, -0.1) is 0 Å². The third kappa shape index (κ3) is 5.05. The molecule has 3 aromatic rings. The largest absolute Gasteiger partial charge is 0.426 e. The van der Waals surface area contributed by atoms with Gasteiger partial charge in [0.05, 0.1) is 20.5 Å². The number of rotatable bonds is 6. The number of sulfone groups is 1. The van der Waals surface area contributed by atoms with Crippen LogP contribution in [0.5, 0.6) is 0 Å². The van der Waals surface area contributed by atoms with E-state index in [0.29, 0.717) is 0 Å². The van der Waals surface area contributed by atoms with Crippen LogP contribution >= 0.6 is 11.6 Å². The van der Waals surface area contributed by atoms with Crippen LogP contribution in [0.2, 0.25) is 5.02 Å². The van der Waals surface area contributed by atoms with Gasteiger partial charge in [0.2, 0.25) is 15.4 Å². The lowest BCUT2D eigenvalue weighted by atomic mass is 10.1. The van der Waals surface area contributed by atoms with Crippen LogP contribution in [0, 0.1) is 0 Å². The first kappa shape index (κ1) is 25.2. The Hall–Kier alpha value is -3.42. The maximum Gasteiger partial charge on any atom is 0.426 e. The summed E-state index contributed by atoms with van der Waals surface area (Å²) in [5.74, 6) is -2.19. The van der Waals surface area contributed by atoms with Crippen molar-refractivity contribution in [1.82, 2.24) is 5.16 Å². The second-order valence-electron chi connectivity index (χ2n) is 7.03. The lowest BCUT2D eigenvalue weighted by molar-refractivity contribution is -0.242. The summed E-state index contributed by atoms with van der Waals surface area (Å²) in [6, 6.07) is 9.23. The smallest absolute Gasteiger partial charge is 0.373 e. The lowest BCUT2D eigenvalue weighted by Gasteiger charge is -2.25. The molecule has 3 N–H and O–H groups in total. The quantitative estimate of drug-likeness (QED) is 0.453. The number of carbonyl (C=O) groups is 2. The molecule has 0 aliphatic heterocycles. The number of hydrogen-bond donors (Lipinski definition) is 3. The number of halogens is 4. The topological polar surface area (TPSA) is 139 Å². The van der Waals surface area contributed by atoms with E-state index in [1.165, 1.54) is 36.6 Å². The maximum atomic E-state index is 12.9. The summed E-state index contributed by atoms with van der Waals surface area (Å²) in [6.45, 7) is 0.269. The Bertz CT molecular complexity index is 1320. The predicted molar refractivity (Wildman–Crippen MR) is 113 cm³/mol. The molecule has 0 saturated carbocycles. The van der Waals surface area contributed by atoms with Crippen molar-refractivity contribution in [2.24, 2.45) is 0 Å². The Kier molecular flexibility index (Phi) is 6.73. The molecule has 0 fully saturated rings. The molecule has 1 atom stereocenters. The predicted octanol–water partition coefficient (Wildman–Crippen LogP) is 3.66. The van der Waals surface area contributed by atoms with E-state index in [1.54, 1.807) is 0 Å². The summed E-state index contributed by atoms with van der Waals surface area (Å²) in [4.78, 5) is 23.5. The second-order valence-corrected chi connectivity index (χ2v) is 9.39. The zero-order chi connectivity index (χ0) is 25.3. The van der Waals surface area contributed by atoms with Crippen molar-refractivity contribution in [3.05, 3.63) is 65.4 Å². The zero-order valence-corrected chi connectivity index (χ0v) is 18.6. The molecule has 2 amide bonds. The number of nitrogens with one attached hydrogen (secondary N) is 2. The average molecular weight is 518 g/mol. The monoisotopic (exact) mass is 517 g/mol. The molecule has 0 unspecified atom stereocenters. The van der Waals surface area contributed by atoms with Crippen LogP contribution in [0.4, 0.5) is 24.7 Å². The zero-order valence-electron chi connectivity index (χ0n) is 17.1. The second kappa shape index (κ2) is 9.08. The minimum Gasteiger partial charge on any atom is -0.373 e. The minimum absolute atomic E-state index is 0.134. The van der Waals surface area contributed by atoms with Crippen LogP contribution in [-0.4, -0.2) is 42.3 Å². The van der Waals surface area contributed by atoms with Crippen LogP contribution in [0.25, 0.3) is 0 Å². The molecule has 1 heterocycles. The van der Waals surface area contributed by atoms with E-state index in [4.69, 9.17) is 11.6 Å². The van der Waals surface area contributed by atoms with Gasteiger partial charge < -0.3 is 20.3 Å². The van der Waals surface area contributed by atoms with Crippen molar-refractivity contribution in [3.63, 3.8) is 0 Å². The first-order chi connectivity index (χ1) is 15.7. The molecule has 0 spiro atoms. The highest BCUT2D eigenvalue weighted by atomic mass is 35.5. The fourth-order valence-corrected chi connectivity index (χ4v) is 4.10. The van der Waals surface area contributed by atoms with E-state index >= 15 is 0 Å². The van der Waals surface area contributed by atoms with Crippen molar-refractivity contribution in [2.75, 3.05) is 10.6 Å². The standard InChI is InChI=1S/C20H15ClF3N3O6S/c1-19(30,20(22,23)24)18(29)25-15-7-6-13(10-14(15)21)34(31,32)12-4-2-11(3-5-12)17(28)26-16-8-9-33-27-16/h2-10,30H,1H3,(H,25,29)(H,26,27,28)/t19-/m1/s1. The Balaban J connectivity index is 1.79.